The minimum absolute atomic E-state index is 0.0370. The molecule has 0 aromatic heterocycles. The van der Waals surface area contributed by atoms with Gasteiger partial charge in [0.25, 0.3) is 11.8 Å². The second kappa shape index (κ2) is 7.38. The predicted molar refractivity (Wildman–Crippen MR) is 88.7 cm³/mol. The third-order valence-corrected chi connectivity index (χ3v) is 3.59. The van der Waals surface area contributed by atoms with Crippen LogP contribution in [0.1, 0.15) is 31.8 Å². The van der Waals surface area contributed by atoms with Crippen LogP contribution in [0.25, 0.3) is 0 Å². The van der Waals surface area contributed by atoms with Gasteiger partial charge in [0.05, 0.1) is 0 Å². The Kier molecular flexibility index (Phi) is 5.46. The molecule has 2 rings (SSSR count). The standard InChI is InChI=1S/C18H17F3N2O2/c1-11-5-3-4-6-14(11)17(25)23-15-9-13(8-7-12(15)2)16(24)22-10-18(19,20)21/h3-9H,10H2,1-2H3,(H,22,24)(H,23,25). The van der Waals surface area contributed by atoms with Gasteiger partial charge in [-0.1, -0.05) is 24.3 Å². The van der Waals surface area contributed by atoms with Crippen molar-refractivity contribution in [1.82, 2.24) is 5.32 Å². The third-order valence-electron chi connectivity index (χ3n) is 3.59. The van der Waals surface area contributed by atoms with E-state index in [9.17, 15) is 22.8 Å². The van der Waals surface area contributed by atoms with E-state index in [0.29, 0.717) is 16.8 Å². The molecule has 0 bridgehead atoms. The first-order chi connectivity index (χ1) is 11.7. The van der Waals surface area contributed by atoms with Gasteiger partial charge in [0, 0.05) is 16.8 Å². The molecule has 0 radical (unpaired) electrons. The molecular formula is C18H17F3N2O2. The van der Waals surface area contributed by atoms with Crippen LogP contribution in [-0.2, 0) is 0 Å². The maximum Gasteiger partial charge on any atom is 0.405 e. The van der Waals surface area contributed by atoms with Crippen molar-refractivity contribution in [2.75, 3.05) is 11.9 Å². The van der Waals surface area contributed by atoms with E-state index in [1.807, 2.05) is 6.07 Å². The summed E-state index contributed by atoms with van der Waals surface area (Å²) >= 11 is 0. The largest absolute Gasteiger partial charge is 0.405 e. The molecule has 2 aromatic carbocycles. The highest BCUT2D eigenvalue weighted by molar-refractivity contribution is 6.06. The summed E-state index contributed by atoms with van der Waals surface area (Å²) in [5.74, 6) is -1.21. The Morgan fingerprint density at radius 2 is 1.64 bits per heavy atom. The van der Waals surface area contributed by atoms with Crippen molar-refractivity contribution in [3.8, 4) is 0 Å². The number of benzene rings is 2. The van der Waals surface area contributed by atoms with Crippen molar-refractivity contribution in [1.29, 1.82) is 0 Å². The van der Waals surface area contributed by atoms with Crippen LogP contribution in [-0.4, -0.2) is 24.5 Å². The zero-order chi connectivity index (χ0) is 18.6. The maximum absolute atomic E-state index is 12.4. The highest BCUT2D eigenvalue weighted by Crippen LogP contribution is 2.19. The Labute approximate surface area is 143 Å². The topological polar surface area (TPSA) is 58.2 Å². The fraction of sp³-hybridized carbons (Fsp3) is 0.222. The zero-order valence-electron chi connectivity index (χ0n) is 13.7. The van der Waals surface area contributed by atoms with Gasteiger partial charge < -0.3 is 10.6 Å². The number of carbonyl (C=O) groups excluding carboxylic acids is 2. The van der Waals surface area contributed by atoms with E-state index in [2.05, 4.69) is 5.32 Å². The number of halogens is 3. The Morgan fingerprint density at radius 1 is 0.960 bits per heavy atom. The van der Waals surface area contributed by atoms with Gasteiger partial charge in [-0.2, -0.15) is 13.2 Å². The molecule has 0 aliphatic carbocycles. The van der Waals surface area contributed by atoms with Gasteiger partial charge >= 0.3 is 6.18 Å². The molecule has 4 nitrogen and oxygen atoms in total. The number of rotatable bonds is 4. The summed E-state index contributed by atoms with van der Waals surface area (Å²) in [7, 11) is 0. The summed E-state index contributed by atoms with van der Waals surface area (Å²) in [5, 5.41) is 4.50. The molecule has 0 saturated heterocycles. The third kappa shape index (κ3) is 5.07. The molecule has 2 aromatic rings. The van der Waals surface area contributed by atoms with E-state index in [-0.39, 0.29) is 11.5 Å². The molecule has 2 amide bonds. The Bertz CT molecular complexity index is 801. The second-order valence-corrected chi connectivity index (χ2v) is 5.60. The minimum atomic E-state index is -4.48. The SMILES string of the molecule is Cc1ccc(C(=O)NCC(F)(F)F)cc1NC(=O)c1ccccc1C. The van der Waals surface area contributed by atoms with Gasteiger partial charge in [0.1, 0.15) is 6.54 Å². The molecule has 0 unspecified atom stereocenters. The number of amides is 2. The number of hydrogen-bond donors (Lipinski definition) is 2. The summed E-state index contributed by atoms with van der Waals surface area (Å²) in [6.45, 7) is 2.11. The van der Waals surface area contributed by atoms with Crippen LogP contribution in [0, 0.1) is 13.8 Å². The van der Waals surface area contributed by atoms with Gasteiger partial charge in [-0.3, -0.25) is 9.59 Å². The molecule has 0 fully saturated rings. The smallest absolute Gasteiger partial charge is 0.343 e. The van der Waals surface area contributed by atoms with Gasteiger partial charge in [0.15, 0.2) is 0 Å². The fourth-order valence-electron chi connectivity index (χ4n) is 2.20. The Hall–Kier alpha value is -2.83. The highest BCUT2D eigenvalue weighted by atomic mass is 19.4. The van der Waals surface area contributed by atoms with E-state index < -0.39 is 18.6 Å². The van der Waals surface area contributed by atoms with Crippen LogP contribution in [0.5, 0.6) is 0 Å². The van der Waals surface area contributed by atoms with Crippen molar-refractivity contribution in [2.45, 2.75) is 20.0 Å². The summed E-state index contributed by atoms with van der Waals surface area (Å²) in [6.07, 6.45) is -4.48. The normalized spacial score (nSPS) is 11.1. The quantitative estimate of drug-likeness (QED) is 0.880. The second-order valence-electron chi connectivity index (χ2n) is 5.60. The van der Waals surface area contributed by atoms with Crippen LogP contribution in [0.3, 0.4) is 0 Å². The Balaban J connectivity index is 2.18. The van der Waals surface area contributed by atoms with Crippen molar-refractivity contribution >= 4 is 17.5 Å². The van der Waals surface area contributed by atoms with E-state index in [0.717, 1.165) is 5.56 Å². The van der Waals surface area contributed by atoms with E-state index in [4.69, 9.17) is 0 Å². The lowest BCUT2D eigenvalue weighted by Gasteiger charge is -2.13. The minimum Gasteiger partial charge on any atom is -0.343 e. The average molecular weight is 350 g/mol. The monoisotopic (exact) mass is 350 g/mol. The molecule has 25 heavy (non-hydrogen) atoms. The molecule has 0 spiro atoms. The number of hydrogen-bond acceptors (Lipinski definition) is 2. The van der Waals surface area contributed by atoms with Crippen LogP contribution in [0.15, 0.2) is 42.5 Å². The van der Waals surface area contributed by atoms with E-state index >= 15 is 0 Å². The molecule has 2 N–H and O–H groups in total. The van der Waals surface area contributed by atoms with E-state index in [1.165, 1.54) is 12.1 Å². The molecule has 0 heterocycles. The van der Waals surface area contributed by atoms with Gasteiger partial charge in [0.2, 0.25) is 0 Å². The predicted octanol–water partition coefficient (Wildman–Crippen LogP) is 3.85. The number of aryl methyl sites for hydroxylation is 2. The molecule has 0 saturated carbocycles. The molecule has 7 heteroatoms. The van der Waals surface area contributed by atoms with Crippen LogP contribution < -0.4 is 10.6 Å². The van der Waals surface area contributed by atoms with Gasteiger partial charge in [-0.15, -0.1) is 0 Å². The summed E-state index contributed by atoms with van der Waals surface area (Å²) in [6, 6.07) is 11.3. The van der Waals surface area contributed by atoms with Gasteiger partial charge in [-0.05, 0) is 43.2 Å². The number of nitrogens with one attached hydrogen (secondary N) is 2. The van der Waals surface area contributed by atoms with Gasteiger partial charge in [-0.25, -0.2) is 0 Å². The maximum atomic E-state index is 12.4. The molecule has 0 aliphatic rings. The first kappa shape index (κ1) is 18.5. The lowest BCUT2D eigenvalue weighted by Crippen LogP contribution is -2.33. The van der Waals surface area contributed by atoms with Crippen molar-refractivity contribution in [2.24, 2.45) is 0 Å². The first-order valence-electron chi connectivity index (χ1n) is 7.50. The first-order valence-corrected chi connectivity index (χ1v) is 7.50. The molecule has 0 atom stereocenters. The summed E-state index contributed by atoms with van der Waals surface area (Å²) in [5.41, 5.74) is 2.36. The molecule has 0 aliphatic heterocycles. The highest BCUT2D eigenvalue weighted by Gasteiger charge is 2.28. The van der Waals surface area contributed by atoms with Crippen LogP contribution >= 0.6 is 0 Å². The number of carbonyl (C=O) groups is 2. The van der Waals surface area contributed by atoms with Crippen molar-refractivity contribution < 1.29 is 22.8 Å². The Morgan fingerprint density at radius 3 is 2.28 bits per heavy atom. The number of anilines is 1. The van der Waals surface area contributed by atoms with Crippen molar-refractivity contribution in [3.05, 3.63) is 64.7 Å². The fourth-order valence-corrected chi connectivity index (χ4v) is 2.20. The van der Waals surface area contributed by atoms with Crippen molar-refractivity contribution in [3.63, 3.8) is 0 Å². The molecule has 132 valence electrons. The van der Waals surface area contributed by atoms with Crippen LogP contribution in [0.4, 0.5) is 18.9 Å². The lowest BCUT2D eigenvalue weighted by atomic mass is 10.1. The summed E-state index contributed by atoms with van der Waals surface area (Å²) < 4.78 is 36.6. The number of alkyl halides is 3. The average Bonchev–Trinajstić information content (AvgIpc) is 2.54. The molecular weight excluding hydrogens is 333 g/mol. The summed E-state index contributed by atoms with van der Waals surface area (Å²) in [4.78, 5) is 24.2. The zero-order valence-corrected chi connectivity index (χ0v) is 13.7. The van der Waals surface area contributed by atoms with E-state index in [1.54, 1.807) is 43.4 Å². The lowest BCUT2D eigenvalue weighted by molar-refractivity contribution is -0.123. The van der Waals surface area contributed by atoms with Crippen LogP contribution in [0.2, 0.25) is 0 Å².